The first kappa shape index (κ1) is 9.36. The molecule has 2 atom stereocenters. The van der Waals surface area contributed by atoms with E-state index in [4.69, 9.17) is 0 Å². The Morgan fingerprint density at radius 1 is 0.857 bits per heavy atom. The van der Waals surface area contributed by atoms with Gasteiger partial charge in [-0.15, -0.1) is 9.81 Å². The predicted octanol–water partition coefficient (Wildman–Crippen LogP) is 1.28. The molecule has 6 nitrogen and oxygen atoms in total. The smallest absolute Gasteiger partial charge is 0.0724 e. The summed E-state index contributed by atoms with van der Waals surface area (Å²) in [6.07, 6.45) is 4.12. The third-order valence-corrected chi connectivity index (χ3v) is 3.23. The van der Waals surface area contributed by atoms with E-state index in [1.54, 1.807) is 10.0 Å². The van der Waals surface area contributed by atoms with E-state index >= 15 is 0 Å². The average Bonchev–Trinajstić information content (AvgIpc) is 2.27. The minimum atomic E-state index is 0.104. The molecule has 1 aliphatic carbocycles. The topological polar surface area (TPSA) is 65.3 Å². The summed E-state index contributed by atoms with van der Waals surface area (Å²) >= 11 is 0. The third kappa shape index (κ3) is 1.44. The Bertz CT molecular complexity index is 211. The molecule has 1 saturated carbocycles. The predicted molar refractivity (Wildman–Crippen MR) is 51.0 cm³/mol. The van der Waals surface area contributed by atoms with Gasteiger partial charge in [-0.1, -0.05) is 12.8 Å². The van der Waals surface area contributed by atoms with E-state index in [0.717, 1.165) is 25.7 Å². The summed E-state index contributed by atoms with van der Waals surface area (Å²) in [4.78, 5) is 21.1. The molecule has 0 amide bonds. The Labute approximate surface area is 82.1 Å². The highest BCUT2D eigenvalue weighted by atomic mass is 16.3. The first-order valence-corrected chi connectivity index (χ1v) is 5.06. The number of fused-ring (bicyclic) bond motifs is 1. The van der Waals surface area contributed by atoms with Crippen LogP contribution in [0, 0.1) is 9.81 Å². The van der Waals surface area contributed by atoms with Crippen LogP contribution in [0.5, 0.6) is 0 Å². The highest BCUT2D eigenvalue weighted by Crippen LogP contribution is 2.30. The van der Waals surface area contributed by atoms with E-state index in [-0.39, 0.29) is 12.1 Å². The molecule has 0 aromatic heterocycles. The Morgan fingerprint density at radius 2 is 1.29 bits per heavy atom. The van der Waals surface area contributed by atoms with Gasteiger partial charge < -0.3 is 0 Å². The molecular weight excluding hydrogens is 184 g/mol. The van der Waals surface area contributed by atoms with Crippen LogP contribution >= 0.6 is 0 Å². The van der Waals surface area contributed by atoms with E-state index in [2.05, 4.69) is 10.6 Å². The van der Waals surface area contributed by atoms with Crippen molar-refractivity contribution in [1.82, 2.24) is 10.0 Å². The van der Waals surface area contributed by atoms with Crippen molar-refractivity contribution in [2.45, 2.75) is 37.8 Å². The number of nitroso groups, excluding NO2 is 2. The molecule has 78 valence electrons. The number of rotatable bonds is 2. The van der Waals surface area contributed by atoms with Crippen LogP contribution in [0.25, 0.3) is 0 Å². The zero-order valence-electron chi connectivity index (χ0n) is 8.00. The van der Waals surface area contributed by atoms with Gasteiger partial charge in [0.1, 0.15) is 0 Å². The van der Waals surface area contributed by atoms with Crippen LogP contribution < -0.4 is 0 Å². The minimum Gasteiger partial charge on any atom is -0.254 e. The van der Waals surface area contributed by atoms with Gasteiger partial charge >= 0.3 is 0 Å². The van der Waals surface area contributed by atoms with E-state index in [9.17, 15) is 9.81 Å². The lowest BCUT2D eigenvalue weighted by Gasteiger charge is -2.44. The summed E-state index contributed by atoms with van der Waals surface area (Å²) in [5.41, 5.74) is 0. The molecule has 6 heteroatoms. The van der Waals surface area contributed by atoms with Gasteiger partial charge in [0.25, 0.3) is 0 Å². The fourth-order valence-electron chi connectivity index (χ4n) is 2.53. The highest BCUT2D eigenvalue weighted by molar-refractivity contribution is 4.91. The van der Waals surface area contributed by atoms with E-state index in [1.807, 2.05) is 0 Å². The van der Waals surface area contributed by atoms with E-state index in [1.165, 1.54) is 0 Å². The van der Waals surface area contributed by atoms with Crippen LogP contribution in [0.2, 0.25) is 0 Å². The fraction of sp³-hybridized carbons (Fsp3) is 1.00. The number of piperazine rings is 1. The number of nitrogens with zero attached hydrogens (tertiary/aromatic N) is 4. The van der Waals surface area contributed by atoms with Gasteiger partial charge in [-0.25, -0.2) is 0 Å². The molecule has 1 aliphatic heterocycles. The molecule has 0 spiro atoms. The molecule has 0 N–H and O–H groups in total. The van der Waals surface area contributed by atoms with E-state index in [0.29, 0.717) is 13.1 Å². The Balaban J connectivity index is 2.12. The molecule has 2 aliphatic rings. The second-order valence-electron chi connectivity index (χ2n) is 3.91. The van der Waals surface area contributed by atoms with Crippen molar-refractivity contribution in [2.75, 3.05) is 13.1 Å². The first-order chi connectivity index (χ1) is 6.86. The van der Waals surface area contributed by atoms with Crippen LogP contribution in [0.3, 0.4) is 0 Å². The van der Waals surface area contributed by atoms with Crippen molar-refractivity contribution in [1.29, 1.82) is 0 Å². The lowest BCUT2D eigenvalue weighted by Crippen LogP contribution is -2.56. The summed E-state index contributed by atoms with van der Waals surface area (Å²) in [5.74, 6) is 0. The van der Waals surface area contributed by atoms with Crippen LogP contribution in [-0.2, 0) is 0 Å². The molecule has 0 bridgehead atoms. The summed E-state index contributed by atoms with van der Waals surface area (Å²) in [7, 11) is 0. The average molecular weight is 198 g/mol. The minimum absolute atomic E-state index is 0.104. The lowest BCUT2D eigenvalue weighted by atomic mass is 9.88. The summed E-state index contributed by atoms with van der Waals surface area (Å²) in [6, 6.07) is 0.209. The van der Waals surface area contributed by atoms with Gasteiger partial charge in [0.2, 0.25) is 0 Å². The molecule has 0 aromatic rings. The Kier molecular flexibility index (Phi) is 2.60. The summed E-state index contributed by atoms with van der Waals surface area (Å²) in [6.45, 7) is 1.05. The van der Waals surface area contributed by atoms with Gasteiger partial charge in [0.15, 0.2) is 0 Å². The molecule has 0 radical (unpaired) electrons. The number of hydrogen-bond donors (Lipinski definition) is 0. The molecule has 0 unspecified atom stereocenters. The monoisotopic (exact) mass is 198 g/mol. The van der Waals surface area contributed by atoms with Crippen molar-refractivity contribution < 1.29 is 0 Å². The fourth-order valence-corrected chi connectivity index (χ4v) is 2.53. The molecule has 0 aromatic carbocycles. The summed E-state index contributed by atoms with van der Waals surface area (Å²) in [5, 5.41) is 9.18. The molecule has 1 saturated heterocycles. The van der Waals surface area contributed by atoms with Crippen molar-refractivity contribution in [2.24, 2.45) is 10.6 Å². The first-order valence-electron chi connectivity index (χ1n) is 5.06. The largest absolute Gasteiger partial charge is 0.254 e. The van der Waals surface area contributed by atoms with Gasteiger partial charge in [-0.2, -0.15) is 0 Å². The maximum atomic E-state index is 10.6. The number of hydrogen-bond acceptors (Lipinski definition) is 4. The van der Waals surface area contributed by atoms with Crippen LogP contribution in [0.4, 0.5) is 0 Å². The zero-order chi connectivity index (χ0) is 9.97. The molecule has 14 heavy (non-hydrogen) atoms. The third-order valence-electron chi connectivity index (χ3n) is 3.23. The maximum absolute atomic E-state index is 10.6. The van der Waals surface area contributed by atoms with Crippen molar-refractivity contribution in [3.8, 4) is 0 Å². The maximum Gasteiger partial charge on any atom is 0.0724 e. The van der Waals surface area contributed by atoms with E-state index < -0.39 is 0 Å². The van der Waals surface area contributed by atoms with Gasteiger partial charge in [0.05, 0.1) is 35.7 Å². The standard InChI is InChI=1S/C8H14N4O2/c13-9-11-5-6-12(10-14)8-4-2-1-3-7(8)11/h7-8H,1-6H2/t7-,8-/m1/s1. The van der Waals surface area contributed by atoms with Crippen LogP contribution in [0.1, 0.15) is 25.7 Å². The van der Waals surface area contributed by atoms with Crippen molar-refractivity contribution in [3.63, 3.8) is 0 Å². The van der Waals surface area contributed by atoms with Crippen LogP contribution in [-0.4, -0.2) is 35.2 Å². The van der Waals surface area contributed by atoms with Crippen LogP contribution in [0.15, 0.2) is 10.6 Å². The van der Waals surface area contributed by atoms with Crippen molar-refractivity contribution in [3.05, 3.63) is 9.81 Å². The van der Waals surface area contributed by atoms with Gasteiger partial charge in [-0.3, -0.25) is 10.0 Å². The molecule has 1 heterocycles. The lowest BCUT2D eigenvalue weighted by molar-refractivity contribution is -0.00368. The second-order valence-corrected chi connectivity index (χ2v) is 3.91. The molecule has 2 rings (SSSR count). The van der Waals surface area contributed by atoms with Gasteiger partial charge in [0, 0.05) is 0 Å². The SMILES string of the molecule is O=NN1CCN(N=O)[C@@H]2CCCC[C@H]21. The molecule has 2 fully saturated rings. The molecular formula is C8H14N4O2. The second kappa shape index (κ2) is 3.89. The van der Waals surface area contributed by atoms with Crippen molar-refractivity contribution >= 4 is 0 Å². The normalized spacial score (nSPS) is 32.3. The quantitative estimate of drug-likeness (QED) is 0.627. The highest BCUT2D eigenvalue weighted by Gasteiger charge is 2.38. The van der Waals surface area contributed by atoms with Gasteiger partial charge in [-0.05, 0) is 12.8 Å². The Hall–Kier alpha value is -1.20. The summed E-state index contributed by atoms with van der Waals surface area (Å²) < 4.78 is 0. The zero-order valence-corrected chi connectivity index (χ0v) is 8.00. The Morgan fingerprint density at radius 3 is 1.64 bits per heavy atom.